The first-order valence-electron chi connectivity index (χ1n) is 15.1. The Morgan fingerprint density at radius 1 is 0.778 bits per heavy atom. The van der Waals surface area contributed by atoms with Crippen molar-refractivity contribution >= 4 is 27.5 Å². The van der Waals surface area contributed by atoms with Gasteiger partial charge in [-0.25, -0.2) is 8.42 Å². The van der Waals surface area contributed by atoms with Gasteiger partial charge in [0.05, 0.1) is 17.2 Å². The highest BCUT2D eigenvalue weighted by Crippen LogP contribution is 2.27. The molecule has 2 amide bonds. The molecule has 0 saturated heterocycles. The van der Waals surface area contributed by atoms with Gasteiger partial charge < -0.3 is 15.0 Å². The predicted octanol–water partition coefficient (Wildman–Crippen LogP) is 5.69. The van der Waals surface area contributed by atoms with Crippen molar-refractivity contribution in [1.29, 1.82) is 0 Å². The number of benzene rings is 4. The van der Waals surface area contributed by atoms with E-state index < -0.39 is 28.5 Å². The fourth-order valence-corrected chi connectivity index (χ4v) is 6.32. The third kappa shape index (κ3) is 9.18. The van der Waals surface area contributed by atoms with Crippen LogP contribution in [0.4, 0.5) is 5.69 Å². The van der Waals surface area contributed by atoms with Gasteiger partial charge in [-0.1, -0.05) is 92.7 Å². The Morgan fingerprint density at radius 2 is 1.33 bits per heavy atom. The second kappa shape index (κ2) is 15.9. The number of hydrogen-bond donors (Lipinski definition) is 1. The Labute approximate surface area is 266 Å². The van der Waals surface area contributed by atoms with Crippen molar-refractivity contribution in [2.45, 2.75) is 44.7 Å². The van der Waals surface area contributed by atoms with Gasteiger partial charge in [0.1, 0.15) is 18.3 Å². The Morgan fingerprint density at radius 3 is 1.89 bits per heavy atom. The molecule has 4 aromatic rings. The van der Waals surface area contributed by atoms with Crippen LogP contribution in [0.15, 0.2) is 120 Å². The molecule has 236 valence electrons. The van der Waals surface area contributed by atoms with Crippen molar-refractivity contribution in [1.82, 2.24) is 10.2 Å². The average molecular weight is 628 g/mol. The molecule has 0 saturated carbocycles. The summed E-state index contributed by atoms with van der Waals surface area (Å²) in [4.78, 5) is 29.8. The summed E-state index contributed by atoms with van der Waals surface area (Å²) in [6, 6.07) is 32.6. The van der Waals surface area contributed by atoms with E-state index in [0.717, 1.165) is 15.4 Å². The minimum absolute atomic E-state index is 0.0526. The number of sulfonamides is 1. The molecule has 0 aliphatic carbocycles. The first-order chi connectivity index (χ1) is 21.7. The fraction of sp³-hybridized carbons (Fsp3) is 0.278. The number of carbonyl (C=O) groups is 2. The summed E-state index contributed by atoms with van der Waals surface area (Å²) in [5, 5.41) is 3.00. The SMILES string of the molecule is CCOc1ccc(N(CC(=O)N(Cc2ccccc2)C(Cc2ccccc2)C(=O)NCC(C)C)S(=O)(=O)c2ccccc2)cc1. The summed E-state index contributed by atoms with van der Waals surface area (Å²) in [5.41, 5.74) is 2.01. The summed E-state index contributed by atoms with van der Waals surface area (Å²) in [6.07, 6.45) is 0.262. The van der Waals surface area contributed by atoms with Crippen LogP contribution in [0.25, 0.3) is 0 Å². The van der Waals surface area contributed by atoms with Crippen molar-refractivity contribution in [3.05, 3.63) is 126 Å². The molecule has 1 N–H and O–H groups in total. The maximum absolute atomic E-state index is 14.5. The van der Waals surface area contributed by atoms with Crippen molar-refractivity contribution in [3.63, 3.8) is 0 Å². The zero-order chi connectivity index (χ0) is 32.2. The van der Waals surface area contributed by atoms with Gasteiger partial charge >= 0.3 is 0 Å². The number of nitrogens with zero attached hydrogens (tertiary/aromatic N) is 2. The van der Waals surface area contributed by atoms with E-state index in [1.165, 1.54) is 17.0 Å². The van der Waals surface area contributed by atoms with Gasteiger partial charge in [0.2, 0.25) is 11.8 Å². The smallest absolute Gasteiger partial charge is 0.264 e. The number of hydrogen-bond acceptors (Lipinski definition) is 5. The maximum Gasteiger partial charge on any atom is 0.264 e. The predicted molar refractivity (Wildman–Crippen MR) is 177 cm³/mol. The number of rotatable bonds is 15. The monoisotopic (exact) mass is 627 g/mol. The second-order valence-electron chi connectivity index (χ2n) is 11.1. The molecule has 8 nitrogen and oxygen atoms in total. The highest BCUT2D eigenvalue weighted by atomic mass is 32.2. The van der Waals surface area contributed by atoms with E-state index in [-0.39, 0.29) is 29.7 Å². The van der Waals surface area contributed by atoms with E-state index in [9.17, 15) is 18.0 Å². The van der Waals surface area contributed by atoms with Gasteiger partial charge in [0.25, 0.3) is 10.0 Å². The molecule has 0 radical (unpaired) electrons. The lowest BCUT2D eigenvalue weighted by atomic mass is 10.0. The molecule has 0 spiro atoms. The molecule has 0 heterocycles. The third-order valence-electron chi connectivity index (χ3n) is 7.20. The van der Waals surface area contributed by atoms with E-state index >= 15 is 0 Å². The molecule has 0 aliphatic rings. The molecule has 0 bridgehead atoms. The minimum Gasteiger partial charge on any atom is -0.494 e. The van der Waals surface area contributed by atoms with E-state index in [2.05, 4.69) is 5.32 Å². The van der Waals surface area contributed by atoms with Crippen LogP contribution in [0.3, 0.4) is 0 Å². The van der Waals surface area contributed by atoms with E-state index in [1.54, 1.807) is 42.5 Å². The van der Waals surface area contributed by atoms with Crippen LogP contribution in [0, 0.1) is 5.92 Å². The van der Waals surface area contributed by atoms with Gasteiger partial charge in [-0.15, -0.1) is 0 Å². The van der Waals surface area contributed by atoms with Crippen molar-refractivity contribution in [2.24, 2.45) is 5.92 Å². The van der Waals surface area contributed by atoms with Gasteiger partial charge in [0, 0.05) is 19.5 Å². The first kappa shape index (κ1) is 33.3. The summed E-state index contributed by atoms with van der Waals surface area (Å²) in [7, 11) is -4.16. The van der Waals surface area contributed by atoms with Crippen LogP contribution in [0.2, 0.25) is 0 Å². The maximum atomic E-state index is 14.5. The van der Waals surface area contributed by atoms with E-state index in [4.69, 9.17) is 4.74 Å². The van der Waals surface area contributed by atoms with Gasteiger partial charge in [0.15, 0.2) is 0 Å². The lowest BCUT2D eigenvalue weighted by Crippen LogP contribution is -2.53. The van der Waals surface area contributed by atoms with Gasteiger partial charge in [-0.3, -0.25) is 13.9 Å². The van der Waals surface area contributed by atoms with Gasteiger partial charge in [-0.05, 0) is 60.4 Å². The number of anilines is 1. The normalized spacial score (nSPS) is 11.9. The molecule has 4 aromatic carbocycles. The summed E-state index contributed by atoms with van der Waals surface area (Å²) < 4.78 is 34.8. The first-order valence-corrected chi connectivity index (χ1v) is 16.6. The number of amides is 2. The standard InChI is InChI=1S/C36H41N3O5S/c1-4-44-32-22-20-31(21-23-32)39(45(42,43)33-18-12-7-13-19-33)27-35(40)38(26-30-16-10-6-11-17-30)34(36(41)37-25-28(2)3)24-29-14-8-5-9-15-29/h5-23,28,34H,4,24-27H2,1-3H3,(H,37,41). The van der Waals surface area contributed by atoms with Crippen LogP contribution >= 0.6 is 0 Å². The van der Waals surface area contributed by atoms with E-state index in [0.29, 0.717) is 24.6 Å². The fourth-order valence-electron chi connectivity index (χ4n) is 4.88. The quantitative estimate of drug-likeness (QED) is 0.183. The van der Waals surface area contributed by atoms with E-state index in [1.807, 2.05) is 81.4 Å². The molecule has 1 atom stereocenters. The van der Waals surface area contributed by atoms with Crippen LogP contribution in [-0.2, 0) is 32.6 Å². The summed E-state index contributed by atoms with van der Waals surface area (Å²) >= 11 is 0. The third-order valence-corrected chi connectivity index (χ3v) is 8.99. The number of ether oxygens (including phenoxy) is 1. The molecule has 1 unspecified atom stereocenters. The molecule has 9 heteroatoms. The average Bonchev–Trinajstić information content (AvgIpc) is 3.06. The second-order valence-corrected chi connectivity index (χ2v) is 13.0. The van der Waals surface area contributed by atoms with Crippen molar-refractivity contribution < 1.29 is 22.7 Å². The highest BCUT2D eigenvalue weighted by molar-refractivity contribution is 7.92. The topological polar surface area (TPSA) is 96.0 Å². The Balaban J connectivity index is 1.77. The van der Waals surface area contributed by atoms with Crippen LogP contribution in [0.1, 0.15) is 31.9 Å². The Bertz CT molecular complexity index is 1610. The van der Waals surface area contributed by atoms with Crippen LogP contribution in [0.5, 0.6) is 5.75 Å². The van der Waals surface area contributed by atoms with Crippen molar-refractivity contribution in [2.75, 3.05) is 24.0 Å². The van der Waals surface area contributed by atoms with Crippen LogP contribution < -0.4 is 14.4 Å². The lowest BCUT2D eigenvalue weighted by molar-refractivity contribution is -0.140. The Hall–Kier alpha value is -4.63. The molecule has 4 rings (SSSR count). The number of carbonyl (C=O) groups excluding carboxylic acids is 2. The highest BCUT2D eigenvalue weighted by Gasteiger charge is 2.34. The molecular formula is C36H41N3O5S. The molecular weight excluding hydrogens is 586 g/mol. The minimum atomic E-state index is -4.16. The van der Waals surface area contributed by atoms with Crippen LogP contribution in [-0.4, -0.2) is 50.9 Å². The Kier molecular flexibility index (Phi) is 11.8. The van der Waals surface area contributed by atoms with Gasteiger partial charge in [-0.2, -0.15) is 0 Å². The summed E-state index contributed by atoms with van der Waals surface area (Å²) in [6.45, 7) is 6.38. The van der Waals surface area contributed by atoms with Crippen molar-refractivity contribution in [3.8, 4) is 5.75 Å². The zero-order valence-corrected chi connectivity index (χ0v) is 26.8. The summed E-state index contributed by atoms with van der Waals surface area (Å²) in [5.74, 6) is -0.0147. The molecule has 0 fully saturated rings. The largest absolute Gasteiger partial charge is 0.494 e. The zero-order valence-electron chi connectivity index (χ0n) is 26.0. The lowest BCUT2D eigenvalue weighted by Gasteiger charge is -2.34. The molecule has 45 heavy (non-hydrogen) atoms. The molecule has 0 aromatic heterocycles. The number of nitrogens with one attached hydrogen (secondary N) is 1. The molecule has 0 aliphatic heterocycles.